The standard InChI is InChI=1S/C22H21N3O4/c26-20(10-9-19-24-16-6-2-1-5-15(16)21(27)25-19)23-14-7-8-17-18(13-14)29-22(28-17)11-3-4-12-22/h1-2,5-8,13H,3-4,9-12H2,(H,23,26)(H,24,25,27). The predicted octanol–water partition coefficient (Wildman–Crippen LogP) is 3.54. The normalized spacial score (nSPS) is 16.4. The Morgan fingerprint density at radius 2 is 1.90 bits per heavy atom. The summed E-state index contributed by atoms with van der Waals surface area (Å²) in [5, 5.41) is 3.42. The fraction of sp³-hybridized carbons (Fsp3) is 0.318. The number of rotatable bonds is 4. The Hall–Kier alpha value is -3.35. The maximum absolute atomic E-state index is 12.4. The van der Waals surface area contributed by atoms with Gasteiger partial charge in [0.2, 0.25) is 5.91 Å². The quantitative estimate of drug-likeness (QED) is 0.710. The number of H-pyrrole nitrogens is 1. The first-order valence-electron chi connectivity index (χ1n) is 9.90. The molecule has 1 aromatic heterocycles. The van der Waals surface area contributed by atoms with E-state index in [9.17, 15) is 9.59 Å². The van der Waals surface area contributed by atoms with Crippen molar-refractivity contribution in [3.63, 3.8) is 0 Å². The molecule has 1 amide bonds. The molecule has 0 bridgehead atoms. The van der Waals surface area contributed by atoms with Crippen molar-refractivity contribution in [3.05, 3.63) is 58.6 Å². The Kier molecular flexibility index (Phi) is 4.23. The molecule has 2 aliphatic rings. The second-order valence-electron chi connectivity index (χ2n) is 7.56. The third-order valence-electron chi connectivity index (χ3n) is 5.44. The molecule has 1 spiro atoms. The van der Waals surface area contributed by atoms with Gasteiger partial charge >= 0.3 is 0 Å². The topological polar surface area (TPSA) is 93.3 Å². The smallest absolute Gasteiger partial charge is 0.258 e. The van der Waals surface area contributed by atoms with Crippen molar-refractivity contribution in [1.29, 1.82) is 0 Å². The fourth-order valence-corrected chi connectivity index (χ4v) is 4.00. The van der Waals surface area contributed by atoms with E-state index in [1.54, 1.807) is 24.3 Å². The second kappa shape index (κ2) is 6.92. The molecule has 7 nitrogen and oxygen atoms in total. The largest absolute Gasteiger partial charge is 0.448 e. The van der Waals surface area contributed by atoms with Crippen LogP contribution < -0.4 is 20.3 Å². The van der Waals surface area contributed by atoms with E-state index < -0.39 is 5.79 Å². The van der Waals surface area contributed by atoms with Gasteiger partial charge in [0.1, 0.15) is 5.82 Å². The number of aromatic amines is 1. The molecule has 0 unspecified atom stereocenters. The van der Waals surface area contributed by atoms with Gasteiger partial charge in [0.15, 0.2) is 11.5 Å². The summed E-state index contributed by atoms with van der Waals surface area (Å²) in [4.78, 5) is 31.7. The van der Waals surface area contributed by atoms with Crippen molar-refractivity contribution in [3.8, 4) is 11.5 Å². The second-order valence-corrected chi connectivity index (χ2v) is 7.56. The Morgan fingerprint density at radius 3 is 2.76 bits per heavy atom. The molecule has 1 fully saturated rings. The van der Waals surface area contributed by atoms with Crippen LogP contribution in [0.4, 0.5) is 5.69 Å². The number of carbonyl (C=O) groups excluding carboxylic acids is 1. The highest BCUT2D eigenvalue weighted by Crippen LogP contribution is 2.47. The van der Waals surface area contributed by atoms with Gasteiger partial charge in [0.25, 0.3) is 11.3 Å². The predicted molar refractivity (Wildman–Crippen MR) is 108 cm³/mol. The molecular formula is C22H21N3O4. The highest BCUT2D eigenvalue weighted by Gasteiger charge is 2.44. The van der Waals surface area contributed by atoms with Crippen LogP contribution in [0.2, 0.25) is 0 Å². The van der Waals surface area contributed by atoms with E-state index in [4.69, 9.17) is 9.47 Å². The zero-order valence-corrected chi connectivity index (χ0v) is 15.9. The number of hydrogen-bond acceptors (Lipinski definition) is 5. The SMILES string of the molecule is O=C(CCc1nc2ccccc2c(=O)[nH]1)Nc1ccc2c(c1)OC1(CCCC1)O2. The summed E-state index contributed by atoms with van der Waals surface area (Å²) in [6.45, 7) is 0. The van der Waals surface area contributed by atoms with Crippen LogP contribution in [-0.2, 0) is 11.2 Å². The summed E-state index contributed by atoms with van der Waals surface area (Å²) >= 11 is 0. The molecule has 2 heterocycles. The zero-order valence-electron chi connectivity index (χ0n) is 15.9. The number of benzene rings is 2. The molecule has 148 valence electrons. The Labute approximate surface area is 167 Å². The number of fused-ring (bicyclic) bond motifs is 2. The van der Waals surface area contributed by atoms with Gasteiger partial charge in [-0.05, 0) is 37.1 Å². The molecule has 1 aliphatic carbocycles. The number of aryl methyl sites for hydroxylation is 1. The van der Waals surface area contributed by atoms with Gasteiger partial charge in [-0.2, -0.15) is 0 Å². The van der Waals surface area contributed by atoms with E-state index in [2.05, 4.69) is 15.3 Å². The Balaban J connectivity index is 1.24. The maximum Gasteiger partial charge on any atom is 0.258 e. The van der Waals surface area contributed by atoms with Gasteiger partial charge in [-0.3, -0.25) is 9.59 Å². The van der Waals surface area contributed by atoms with Crippen molar-refractivity contribution in [2.75, 3.05) is 5.32 Å². The molecule has 2 N–H and O–H groups in total. The van der Waals surface area contributed by atoms with Crippen molar-refractivity contribution in [2.45, 2.75) is 44.3 Å². The lowest BCUT2D eigenvalue weighted by Gasteiger charge is -2.21. The van der Waals surface area contributed by atoms with E-state index in [-0.39, 0.29) is 17.9 Å². The molecule has 0 atom stereocenters. The minimum absolute atomic E-state index is 0.157. The summed E-state index contributed by atoms with van der Waals surface area (Å²) in [6.07, 6.45) is 4.53. The van der Waals surface area contributed by atoms with Crippen molar-refractivity contribution < 1.29 is 14.3 Å². The zero-order chi connectivity index (χ0) is 19.8. The molecule has 1 aliphatic heterocycles. The third-order valence-corrected chi connectivity index (χ3v) is 5.44. The van der Waals surface area contributed by atoms with Crippen molar-refractivity contribution in [1.82, 2.24) is 9.97 Å². The average molecular weight is 391 g/mol. The van der Waals surface area contributed by atoms with Gasteiger partial charge in [-0.25, -0.2) is 4.98 Å². The number of carbonyl (C=O) groups is 1. The Morgan fingerprint density at radius 1 is 1.10 bits per heavy atom. The molecule has 2 aromatic carbocycles. The first kappa shape index (κ1) is 17.7. The molecule has 0 saturated heterocycles. The maximum atomic E-state index is 12.4. The van der Waals surface area contributed by atoms with Gasteiger partial charge in [0.05, 0.1) is 10.9 Å². The van der Waals surface area contributed by atoms with Crippen LogP contribution in [0.1, 0.15) is 37.9 Å². The lowest BCUT2D eigenvalue weighted by atomic mass is 10.2. The molecule has 5 rings (SSSR count). The molecule has 0 radical (unpaired) electrons. The molecular weight excluding hydrogens is 370 g/mol. The number of amides is 1. The van der Waals surface area contributed by atoms with Gasteiger partial charge in [-0.15, -0.1) is 0 Å². The van der Waals surface area contributed by atoms with E-state index >= 15 is 0 Å². The van der Waals surface area contributed by atoms with Crippen LogP contribution in [-0.4, -0.2) is 21.7 Å². The Bertz CT molecular complexity index is 1150. The van der Waals surface area contributed by atoms with Crippen LogP contribution in [0.5, 0.6) is 11.5 Å². The summed E-state index contributed by atoms with van der Waals surface area (Å²) < 4.78 is 12.0. The lowest BCUT2D eigenvalue weighted by molar-refractivity contribution is -0.116. The number of aromatic nitrogens is 2. The first-order valence-corrected chi connectivity index (χ1v) is 9.90. The van der Waals surface area contributed by atoms with Crippen LogP contribution in [0.15, 0.2) is 47.3 Å². The number of hydrogen-bond donors (Lipinski definition) is 2. The van der Waals surface area contributed by atoms with Crippen LogP contribution in [0, 0.1) is 0 Å². The monoisotopic (exact) mass is 391 g/mol. The number of anilines is 1. The number of ether oxygens (including phenoxy) is 2. The molecule has 29 heavy (non-hydrogen) atoms. The lowest BCUT2D eigenvalue weighted by Crippen LogP contribution is -2.34. The van der Waals surface area contributed by atoms with Crippen LogP contribution in [0.25, 0.3) is 10.9 Å². The summed E-state index contributed by atoms with van der Waals surface area (Å²) in [5.74, 6) is 1.22. The van der Waals surface area contributed by atoms with Crippen LogP contribution >= 0.6 is 0 Å². The summed E-state index contributed by atoms with van der Waals surface area (Å²) in [7, 11) is 0. The number of nitrogens with one attached hydrogen (secondary N) is 2. The van der Waals surface area contributed by atoms with E-state index in [0.29, 0.717) is 34.6 Å². The first-order chi connectivity index (χ1) is 14.1. The average Bonchev–Trinajstić information content (AvgIpc) is 3.32. The fourth-order valence-electron chi connectivity index (χ4n) is 4.00. The van der Waals surface area contributed by atoms with Gasteiger partial charge in [-0.1, -0.05) is 12.1 Å². The third kappa shape index (κ3) is 3.44. The van der Waals surface area contributed by atoms with Crippen LogP contribution in [0.3, 0.4) is 0 Å². The minimum atomic E-state index is -0.515. The number of para-hydroxylation sites is 1. The summed E-state index contributed by atoms with van der Waals surface area (Å²) in [5.41, 5.74) is 1.10. The highest BCUT2D eigenvalue weighted by atomic mass is 16.7. The van der Waals surface area contributed by atoms with Crippen molar-refractivity contribution in [2.24, 2.45) is 0 Å². The summed E-state index contributed by atoms with van der Waals surface area (Å²) in [6, 6.07) is 12.6. The molecule has 7 heteroatoms. The molecule has 3 aromatic rings. The van der Waals surface area contributed by atoms with Gasteiger partial charge < -0.3 is 19.8 Å². The van der Waals surface area contributed by atoms with Crippen molar-refractivity contribution >= 4 is 22.5 Å². The highest BCUT2D eigenvalue weighted by molar-refractivity contribution is 5.91. The van der Waals surface area contributed by atoms with E-state index in [1.807, 2.05) is 18.2 Å². The number of nitrogens with zero attached hydrogens (tertiary/aromatic N) is 1. The van der Waals surface area contributed by atoms with Gasteiger partial charge in [0, 0.05) is 37.4 Å². The van der Waals surface area contributed by atoms with E-state index in [0.717, 1.165) is 31.4 Å². The van der Waals surface area contributed by atoms with E-state index in [1.165, 1.54) is 0 Å². The minimum Gasteiger partial charge on any atom is -0.448 e. The molecule has 1 saturated carbocycles.